The summed E-state index contributed by atoms with van der Waals surface area (Å²) in [5.41, 5.74) is 1.54. The fourth-order valence-corrected chi connectivity index (χ4v) is 5.75. The lowest BCUT2D eigenvalue weighted by Gasteiger charge is -2.43. The zero-order chi connectivity index (χ0) is 38.9. The molecule has 0 radical (unpaired) electrons. The minimum absolute atomic E-state index is 0.0521. The molecule has 0 aliphatic carbocycles. The molecule has 1 N–H and O–H groups in total. The Balaban J connectivity index is 0.000000608. The molecule has 2 unspecified atom stereocenters. The van der Waals surface area contributed by atoms with E-state index >= 15 is 4.39 Å². The van der Waals surface area contributed by atoms with Crippen molar-refractivity contribution in [2.45, 2.75) is 92.9 Å². The van der Waals surface area contributed by atoms with Crippen molar-refractivity contribution in [3.05, 3.63) is 89.7 Å². The van der Waals surface area contributed by atoms with Crippen molar-refractivity contribution in [2.24, 2.45) is 11.8 Å². The number of likely N-dealkylation sites (N-methyl/N-ethyl adjacent to an activating group) is 1. The number of esters is 1. The number of hydrogen-bond acceptors (Lipinski definition) is 7. The van der Waals surface area contributed by atoms with Crippen LogP contribution in [0.1, 0.15) is 79.9 Å². The Bertz CT molecular complexity index is 1560. The molecular weight excluding hydrogens is 663 g/mol. The predicted molar refractivity (Wildman–Crippen MR) is 203 cm³/mol. The summed E-state index contributed by atoms with van der Waals surface area (Å²) in [7, 11) is 1.65. The monoisotopic (exact) mass is 722 g/mol. The number of amides is 2. The number of carbonyl (C=O) groups excluding carboxylic acids is 3. The molecule has 10 heteroatoms. The third kappa shape index (κ3) is 14.3. The molecule has 52 heavy (non-hydrogen) atoms. The van der Waals surface area contributed by atoms with Gasteiger partial charge in [-0.25, -0.2) is 9.18 Å². The van der Waals surface area contributed by atoms with E-state index in [4.69, 9.17) is 18.9 Å². The highest BCUT2D eigenvalue weighted by Crippen LogP contribution is 2.36. The lowest BCUT2D eigenvalue weighted by molar-refractivity contribution is -0.142. The standard InChI is InChI=1S/C31H43FN2O5.C9H10O2.C2H6/c1-21(2)18-31(20-37-19-27(35)33-31)22(3)17-23-11-10-13-25(28(23)32)24-12-8-9-14-26(24)38-16-15-34(7)29(36)39-30(4,5)6;1-8(10)11-7-9-5-3-2-4-6-9;1-2/h8-14,21-22H,15-20H2,1-7H3,(H,33,35);2-6H,7H2,1H3;1-2H3. The number of morpholine rings is 1. The second kappa shape index (κ2) is 21.2. The van der Waals surface area contributed by atoms with Crippen LogP contribution < -0.4 is 10.1 Å². The van der Waals surface area contributed by atoms with Crippen molar-refractivity contribution < 1.29 is 37.7 Å². The molecule has 0 spiro atoms. The zero-order valence-electron chi connectivity index (χ0n) is 32.7. The van der Waals surface area contributed by atoms with Crippen LogP contribution in [0.15, 0.2) is 72.8 Å². The minimum atomic E-state index is -0.580. The number of rotatable bonds is 12. The summed E-state index contributed by atoms with van der Waals surface area (Å²) in [5.74, 6) is 0.130. The Hall–Kier alpha value is -4.44. The number of nitrogens with one attached hydrogen (secondary N) is 1. The third-order valence-electron chi connectivity index (χ3n) is 8.15. The first-order chi connectivity index (χ1) is 24.6. The number of nitrogens with zero attached hydrogens (tertiary/aromatic N) is 1. The number of carbonyl (C=O) groups is 3. The summed E-state index contributed by atoms with van der Waals surface area (Å²) in [5, 5.41) is 3.17. The molecule has 1 heterocycles. The molecule has 2 atom stereocenters. The Kier molecular flexibility index (Phi) is 17.8. The molecule has 1 aliphatic heterocycles. The molecule has 2 amide bonds. The summed E-state index contributed by atoms with van der Waals surface area (Å²) in [6, 6.07) is 22.3. The highest BCUT2D eigenvalue weighted by Gasteiger charge is 2.41. The van der Waals surface area contributed by atoms with Crippen molar-refractivity contribution in [2.75, 3.05) is 33.4 Å². The van der Waals surface area contributed by atoms with Gasteiger partial charge in [-0.1, -0.05) is 101 Å². The van der Waals surface area contributed by atoms with E-state index in [2.05, 4.69) is 19.2 Å². The van der Waals surface area contributed by atoms with Crippen LogP contribution in [0.25, 0.3) is 11.1 Å². The van der Waals surface area contributed by atoms with Crippen LogP contribution in [0.5, 0.6) is 5.75 Å². The molecule has 286 valence electrons. The van der Waals surface area contributed by atoms with Gasteiger partial charge in [-0.05, 0) is 62.6 Å². The van der Waals surface area contributed by atoms with Gasteiger partial charge >= 0.3 is 12.1 Å². The van der Waals surface area contributed by atoms with Gasteiger partial charge < -0.3 is 29.2 Å². The zero-order valence-corrected chi connectivity index (χ0v) is 32.7. The maximum atomic E-state index is 16.0. The molecule has 1 aliphatic rings. The Morgan fingerprint density at radius 3 is 2.21 bits per heavy atom. The highest BCUT2D eigenvalue weighted by molar-refractivity contribution is 5.79. The van der Waals surface area contributed by atoms with Crippen LogP contribution in [0.3, 0.4) is 0 Å². The number of ether oxygens (including phenoxy) is 4. The molecule has 0 saturated carbocycles. The van der Waals surface area contributed by atoms with Gasteiger partial charge in [0.15, 0.2) is 0 Å². The van der Waals surface area contributed by atoms with Crippen molar-refractivity contribution in [3.63, 3.8) is 0 Å². The lowest BCUT2D eigenvalue weighted by Crippen LogP contribution is -2.61. The number of benzene rings is 3. The molecule has 1 saturated heterocycles. The van der Waals surface area contributed by atoms with Gasteiger partial charge in [-0.15, -0.1) is 0 Å². The van der Waals surface area contributed by atoms with Crippen LogP contribution in [0, 0.1) is 17.7 Å². The van der Waals surface area contributed by atoms with Crippen molar-refractivity contribution >= 4 is 18.0 Å². The highest BCUT2D eigenvalue weighted by atomic mass is 19.1. The third-order valence-corrected chi connectivity index (χ3v) is 8.15. The topological polar surface area (TPSA) is 103 Å². The van der Waals surface area contributed by atoms with E-state index in [1.54, 1.807) is 25.2 Å². The number of halogens is 1. The second-order valence-electron chi connectivity index (χ2n) is 14.2. The van der Waals surface area contributed by atoms with Crippen LogP contribution in [0.4, 0.5) is 9.18 Å². The van der Waals surface area contributed by atoms with Gasteiger partial charge in [0.1, 0.15) is 37.0 Å². The average Bonchev–Trinajstić information content (AvgIpc) is 3.09. The van der Waals surface area contributed by atoms with Crippen LogP contribution in [-0.4, -0.2) is 67.4 Å². The maximum absolute atomic E-state index is 16.0. The summed E-state index contributed by atoms with van der Waals surface area (Å²) in [6.07, 6.45) is 0.761. The second-order valence-corrected chi connectivity index (χ2v) is 14.2. The molecule has 3 aromatic carbocycles. The number of hydrogen-bond donors (Lipinski definition) is 1. The van der Waals surface area contributed by atoms with Gasteiger partial charge in [-0.2, -0.15) is 0 Å². The van der Waals surface area contributed by atoms with E-state index < -0.39 is 17.2 Å². The van der Waals surface area contributed by atoms with Crippen LogP contribution >= 0.6 is 0 Å². The van der Waals surface area contributed by atoms with Gasteiger partial charge in [0.2, 0.25) is 5.91 Å². The Labute approximate surface area is 310 Å². The van der Waals surface area contributed by atoms with Gasteiger partial charge in [0, 0.05) is 25.1 Å². The fraction of sp³-hybridized carbons (Fsp3) is 0.500. The van der Waals surface area contributed by atoms with E-state index in [9.17, 15) is 14.4 Å². The van der Waals surface area contributed by atoms with Crippen LogP contribution in [0.2, 0.25) is 0 Å². The van der Waals surface area contributed by atoms with Gasteiger partial charge in [-0.3, -0.25) is 9.59 Å². The molecule has 3 aromatic rings. The summed E-state index contributed by atoms with van der Waals surface area (Å²) >= 11 is 0. The minimum Gasteiger partial charge on any atom is -0.491 e. The first-order valence-corrected chi connectivity index (χ1v) is 18.1. The largest absolute Gasteiger partial charge is 0.491 e. The quantitative estimate of drug-likeness (QED) is 0.187. The normalized spacial score (nSPS) is 15.9. The van der Waals surface area contributed by atoms with Crippen molar-refractivity contribution in [1.82, 2.24) is 10.2 Å². The SMILES string of the molecule is CC.CC(=O)OCc1ccccc1.CC(C)CC1(C(C)Cc2cccc(-c3ccccc3OCCN(C)C(=O)OC(C)(C)C)c2F)COCC(=O)N1. The maximum Gasteiger partial charge on any atom is 0.410 e. The van der Waals surface area contributed by atoms with E-state index in [0.29, 0.717) is 54.5 Å². The van der Waals surface area contributed by atoms with E-state index in [-0.39, 0.29) is 36.8 Å². The first kappa shape index (κ1) is 43.7. The number of para-hydroxylation sites is 1. The smallest absolute Gasteiger partial charge is 0.410 e. The van der Waals surface area contributed by atoms with Crippen molar-refractivity contribution in [1.29, 1.82) is 0 Å². The molecule has 0 aromatic heterocycles. The summed E-state index contributed by atoms with van der Waals surface area (Å²) in [6.45, 7) is 18.5. The van der Waals surface area contributed by atoms with Gasteiger partial charge in [0.25, 0.3) is 0 Å². The Morgan fingerprint density at radius 2 is 1.60 bits per heavy atom. The lowest BCUT2D eigenvalue weighted by atomic mass is 9.75. The van der Waals surface area contributed by atoms with Gasteiger partial charge in [0.05, 0.1) is 18.7 Å². The molecule has 4 rings (SSSR count). The Morgan fingerprint density at radius 1 is 0.962 bits per heavy atom. The molecule has 1 fully saturated rings. The molecule has 0 bridgehead atoms. The van der Waals surface area contributed by atoms with E-state index in [1.165, 1.54) is 11.8 Å². The average molecular weight is 723 g/mol. The van der Waals surface area contributed by atoms with E-state index in [0.717, 1.165) is 12.0 Å². The molecule has 9 nitrogen and oxygen atoms in total. The summed E-state index contributed by atoms with van der Waals surface area (Å²) < 4.78 is 37.8. The van der Waals surface area contributed by atoms with Crippen molar-refractivity contribution in [3.8, 4) is 16.9 Å². The van der Waals surface area contributed by atoms with E-state index in [1.807, 2.05) is 96.1 Å². The predicted octanol–water partition coefficient (Wildman–Crippen LogP) is 8.62. The fourth-order valence-electron chi connectivity index (χ4n) is 5.75. The summed E-state index contributed by atoms with van der Waals surface area (Å²) in [4.78, 5) is 36.3. The van der Waals surface area contributed by atoms with Crippen LogP contribution in [-0.2, 0) is 36.8 Å². The molecular formula is C42H59FN2O7. The first-order valence-electron chi connectivity index (χ1n) is 18.1.